The number of hydrogen-bond acceptors (Lipinski definition) is 3. The molecule has 18 heavy (non-hydrogen) atoms. The summed E-state index contributed by atoms with van der Waals surface area (Å²) in [5.41, 5.74) is 8.90. The molecule has 0 bridgehead atoms. The number of nitrogens with one attached hydrogen (secondary N) is 1. The van der Waals surface area contributed by atoms with E-state index in [9.17, 15) is 4.79 Å². The zero-order valence-corrected chi connectivity index (χ0v) is 10.3. The third-order valence-corrected chi connectivity index (χ3v) is 3.48. The van der Waals surface area contributed by atoms with Crippen LogP contribution in [0.25, 0.3) is 11.4 Å². The summed E-state index contributed by atoms with van der Waals surface area (Å²) in [5.74, 6) is 0.745. The molecule has 1 aliphatic carbocycles. The first-order valence-corrected chi connectivity index (χ1v) is 6.16. The predicted octanol–water partition coefficient (Wildman–Crippen LogP) is 1.11. The Hall–Kier alpha value is -1.88. The Balaban J connectivity index is 2.07. The Morgan fingerprint density at radius 3 is 3.11 bits per heavy atom. The van der Waals surface area contributed by atoms with Gasteiger partial charge in [0.25, 0.3) is 5.56 Å². The lowest BCUT2D eigenvalue weighted by molar-refractivity contribution is 0.555. The molecule has 0 saturated heterocycles. The molecule has 2 aromatic heterocycles. The number of nitrogens with two attached hydrogens (primary N) is 1. The molecule has 0 radical (unpaired) electrons. The molecular weight excluding hydrogens is 228 g/mol. The third-order valence-electron chi connectivity index (χ3n) is 3.48. The molecule has 94 valence electrons. The highest BCUT2D eigenvalue weighted by molar-refractivity contribution is 5.55. The average molecular weight is 244 g/mol. The van der Waals surface area contributed by atoms with Gasteiger partial charge in [-0.25, -0.2) is 4.98 Å². The van der Waals surface area contributed by atoms with Crippen molar-refractivity contribution >= 4 is 0 Å². The SMILES string of the molecule is Cn1ccc(-c2nc3c([nH]2)CCCC3N)cc1=O. The van der Waals surface area contributed by atoms with Crippen molar-refractivity contribution in [2.24, 2.45) is 12.8 Å². The molecule has 2 aromatic rings. The molecule has 1 aliphatic rings. The third kappa shape index (κ3) is 1.76. The van der Waals surface area contributed by atoms with Gasteiger partial charge >= 0.3 is 0 Å². The Labute approximate surface area is 105 Å². The Bertz CT molecular complexity index is 641. The van der Waals surface area contributed by atoms with Crippen LogP contribution < -0.4 is 11.3 Å². The van der Waals surface area contributed by atoms with E-state index in [0.29, 0.717) is 0 Å². The van der Waals surface area contributed by atoms with E-state index in [1.165, 1.54) is 4.57 Å². The molecule has 3 rings (SSSR count). The van der Waals surface area contributed by atoms with Gasteiger partial charge in [-0.1, -0.05) is 0 Å². The Kier molecular flexibility index (Phi) is 2.56. The number of rotatable bonds is 1. The van der Waals surface area contributed by atoms with Gasteiger partial charge in [0, 0.05) is 36.6 Å². The Morgan fingerprint density at radius 1 is 1.56 bits per heavy atom. The van der Waals surface area contributed by atoms with E-state index in [2.05, 4.69) is 9.97 Å². The summed E-state index contributed by atoms with van der Waals surface area (Å²) >= 11 is 0. The second-order valence-corrected chi connectivity index (χ2v) is 4.81. The molecule has 3 N–H and O–H groups in total. The van der Waals surface area contributed by atoms with Crippen LogP contribution in [-0.4, -0.2) is 14.5 Å². The van der Waals surface area contributed by atoms with E-state index in [0.717, 1.165) is 42.0 Å². The van der Waals surface area contributed by atoms with Crippen LogP contribution in [0.4, 0.5) is 0 Å². The van der Waals surface area contributed by atoms with E-state index in [1.807, 2.05) is 6.07 Å². The van der Waals surface area contributed by atoms with E-state index in [4.69, 9.17) is 5.73 Å². The summed E-state index contributed by atoms with van der Waals surface area (Å²) in [6.07, 6.45) is 4.81. The topological polar surface area (TPSA) is 76.7 Å². The van der Waals surface area contributed by atoms with Crippen LogP contribution in [0.15, 0.2) is 23.1 Å². The minimum Gasteiger partial charge on any atom is -0.342 e. The number of H-pyrrole nitrogens is 1. The maximum absolute atomic E-state index is 11.6. The lowest BCUT2D eigenvalue weighted by Crippen LogP contribution is -2.17. The first-order valence-electron chi connectivity index (χ1n) is 6.16. The van der Waals surface area contributed by atoms with Crippen molar-refractivity contribution in [3.63, 3.8) is 0 Å². The predicted molar refractivity (Wildman–Crippen MR) is 69.1 cm³/mol. The summed E-state index contributed by atoms with van der Waals surface area (Å²) < 4.78 is 1.54. The zero-order valence-electron chi connectivity index (χ0n) is 10.3. The minimum atomic E-state index is -0.0360. The molecule has 1 atom stereocenters. The van der Waals surface area contributed by atoms with Crippen molar-refractivity contribution in [2.75, 3.05) is 0 Å². The summed E-state index contributed by atoms with van der Waals surface area (Å²) in [6, 6.07) is 3.50. The number of hydrogen-bond donors (Lipinski definition) is 2. The van der Waals surface area contributed by atoms with Crippen LogP contribution in [0.1, 0.15) is 30.3 Å². The smallest absolute Gasteiger partial charge is 0.250 e. The highest BCUT2D eigenvalue weighted by Gasteiger charge is 2.21. The number of pyridine rings is 1. The first kappa shape index (κ1) is 11.2. The molecule has 5 nitrogen and oxygen atoms in total. The maximum Gasteiger partial charge on any atom is 0.250 e. The molecule has 0 saturated carbocycles. The van der Waals surface area contributed by atoms with Crippen molar-refractivity contribution in [3.05, 3.63) is 40.1 Å². The molecule has 0 aliphatic heterocycles. The van der Waals surface area contributed by atoms with Crippen LogP contribution >= 0.6 is 0 Å². The van der Waals surface area contributed by atoms with E-state index < -0.39 is 0 Å². The number of nitrogens with zero attached hydrogens (tertiary/aromatic N) is 2. The van der Waals surface area contributed by atoms with E-state index in [1.54, 1.807) is 19.3 Å². The van der Waals surface area contributed by atoms with Crippen LogP contribution in [0.3, 0.4) is 0 Å². The molecule has 5 heteroatoms. The minimum absolute atomic E-state index is 0.0188. The van der Waals surface area contributed by atoms with Crippen molar-refractivity contribution < 1.29 is 0 Å². The average Bonchev–Trinajstić information content (AvgIpc) is 2.78. The molecule has 2 heterocycles. The van der Waals surface area contributed by atoms with Gasteiger partial charge in [0.15, 0.2) is 0 Å². The number of aromatic amines is 1. The fourth-order valence-corrected chi connectivity index (χ4v) is 2.39. The van der Waals surface area contributed by atoms with Crippen molar-refractivity contribution in [3.8, 4) is 11.4 Å². The van der Waals surface area contributed by atoms with Crippen LogP contribution in [0.5, 0.6) is 0 Å². The van der Waals surface area contributed by atoms with Crippen molar-refractivity contribution in [1.82, 2.24) is 14.5 Å². The Morgan fingerprint density at radius 2 is 2.39 bits per heavy atom. The van der Waals surface area contributed by atoms with Gasteiger partial charge < -0.3 is 15.3 Å². The second kappa shape index (κ2) is 4.10. The molecule has 0 spiro atoms. The first-order chi connectivity index (χ1) is 8.65. The van der Waals surface area contributed by atoms with E-state index in [-0.39, 0.29) is 11.6 Å². The fourth-order valence-electron chi connectivity index (χ4n) is 2.39. The fraction of sp³-hybridized carbons (Fsp3) is 0.385. The molecule has 0 aromatic carbocycles. The largest absolute Gasteiger partial charge is 0.342 e. The highest BCUT2D eigenvalue weighted by Crippen LogP contribution is 2.28. The summed E-state index contributed by atoms with van der Waals surface area (Å²) in [6.45, 7) is 0. The van der Waals surface area contributed by atoms with E-state index >= 15 is 0 Å². The second-order valence-electron chi connectivity index (χ2n) is 4.81. The van der Waals surface area contributed by atoms with Crippen LogP contribution in [-0.2, 0) is 13.5 Å². The molecule has 0 fully saturated rings. The standard InChI is InChI=1S/C13H16N4O/c1-17-6-5-8(7-11(17)18)13-15-10-4-2-3-9(14)12(10)16-13/h5-7,9H,2-4,14H2,1H3,(H,15,16). The monoisotopic (exact) mass is 244 g/mol. The van der Waals surface area contributed by atoms with Gasteiger partial charge in [0.2, 0.25) is 0 Å². The number of aryl methyl sites for hydroxylation is 2. The lowest BCUT2D eigenvalue weighted by Gasteiger charge is -2.15. The number of fused-ring (bicyclic) bond motifs is 1. The summed E-state index contributed by atoms with van der Waals surface area (Å²) in [5, 5.41) is 0. The van der Waals surface area contributed by atoms with Gasteiger partial charge in [-0.15, -0.1) is 0 Å². The van der Waals surface area contributed by atoms with Gasteiger partial charge in [0.05, 0.1) is 5.69 Å². The van der Waals surface area contributed by atoms with Gasteiger partial charge in [-0.3, -0.25) is 4.79 Å². The summed E-state index contributed by atoms with van der Waals surface area (Å²) in [4.78, 5) is 19.4. The highest BCUT2D eigenvalue weighted by atomic mass is 16.1. The zero-order chi connectivity index (χ0) is 12.7. The summed E-state index contributed by atoms with van der Waals surface area (Å²) in [7, 11) is 1.73. The van der Waals surface area contributed by atoms with Gasteiger partial charge in [-0.05, 0) is 25.3 Å². The van der Waals surface area contributed by atoms with Crippen LogP contribution in [0.2, 0.25) is 0 Å². The quantitative estimate of drug-likeness (QED) is 0.789. The number of imidazole rings is 1. The van der Waals surface area contributed by atoms with Gasteiger partial charge in [-0.2, -0.15) is 0 Å². The van der Waals surface area contributed by atoms with Crippen LogP contribution in [0, 0.1) is 0 Å². The molecule has 0 amide bonds. The lowest BCUT2D eigenvalue weighted by atomic mass is 9.97. The molecule has 1 unspecified atom stereocenters. The maximum atomic E-state index is 11.6. The van der Waals surface area contributed by atoms with Crippen molar-refractivity contribution in [1.29, 1.82) is 0 Å². The molecular formula is C13H16N4O. The van der Waals surface area contributed by atoms with Crippen molar-refractivity contribution in [2.45, 2.75) is 25.3 Å². The number of aromatic nitrogens is 3. The van der Waals surface area contributed by atoms with Gasteiger partial charge in [0.1, 0.15) is 5.82 Å². The normalized spacial score (nSPS) is 18.7.